The molecule has 10 nitrogen and oxygen atoms in total. The minimum absolute atomic E-state index is 0.123. The van der Waals surface area contributed by atoms with Gasteiger partial charge < -0.3 is 19.5 Å². The second-order valence-corrected chi connectivity index (χ2v) is 7.19. The Labute approximate surface area is 201 Å². The third-order valence-electron chi connectivity index (χ3n) is 4.68. The molecule has 0 unspecified atom stereocenters. The Morgan fingerprint density at radius 2 is 1.62 bits per heavy atom. The molecule has 0 saturated heterocycles. The van der Waals surface area contributed by atoms with Crippen molar-refractivity contribution in [3.05, 3.63) is 82.4 Å². The van der Waals surface area contributed by atoms with Crippen molar-refractivity contribution in [2.45, 2.75) is 6.61 Å². The highest BCUT2D eigenvalue weighted by Crippen LogP contribution is 2.34. The maximum Gasteiger partial charge on any atom is 0.426 e. The monoisotopic (exact) mass is 482 g/mol. The Kier molecular flexibility index (Phi) is 8.19. The lowest BCUT2D eigenvalue weighted by molar-refractivity contribution is -0.385. The summed E-state index contributed by atoms with van der Waals surface area (Å²) in [5.74, 6) is 0.462. The first-order valence-corrected chi connectivity index (χ1v) is 10.4. The fourth-order valence-corrected chi connectivity index (χ4v) is 3.26. The van der Waals surface area contributed by atoms with Crippen LogP contribution < -0.4 is 25.6 Å². The molecule has 0 aliphatic heterocycles. The number of thiocarbonyl (C=S) groups is 1. The molecule has 0 atom stereocenters. The molecule has 34 heavy (non-hydrogen) atoms. The van der Waals surface area contributed by atoms with Gasteiger partial charge in [0.2, 0.25) is 0 Å². The molecular formula is C23H22N4O6S. The molecule has 0 aliphatic rings. The molecular weight excluding hydrogens is 460 g/mol. The highest BCUT2D eigenvalue weighted by Gasteiger charge is 2.20. The van der Waals surface area contributed by atoms with Crippen LogP contribution in [0.3, 0.4) is 0 Å². The summed E-state index contributed by atoms with van der Waals surface area (Å²) in [5.41, 5.74) is 7.36. The van der Waals surface area contributed by atoms with E-state index in [9.17, 15) is 14.9 Å². The Hall–Kier alpha value is -4.38. The van der Waals surface area contributed by atoms with Crippen molar-refractivity contribution >= 4 is 34.8 Å². The number of carbonyl (C=O) groups excluding carboxylic acids is 1. The van der Waals surface area contributed by atoms with Crippen molar-refractivity contribution in [1.82, 2.24) is 10.9 Å². The summed E-state index contributed by atoms with van der Waals surface area (Å²) >= 11 is 5.24. The van der Waals surface area contributed by atoms with Gasteiger partial charge in [-0.1, -0.05) is 48.5 Å². The number of para-hydroxylation sites is 1. The summed E-state index contributed by atoms with van der Waals surface area (Å²) in [7, 11) is 2.76. The maximum atomic E-state index is 12.1. The van der Waals surface area contributed by atoms with E-state index in [0.29, 0.717) is 0 Å². The fourth-order valence-electron chi connectivity index (χ4n) is 3.10. The number of methoxy groups -OCH3 is 2. The van der Waals surface area contributed by atoms with Gasteiger partial charge in [-0.05, 0) is 29.9 Å². The highest BCUT2D eigenvalue weighted by molar-refractivity contribution is 7.80. The molecule has 0 bridgehead atoms. The van der Waals surface area contributed by atoms with Crippen LogP contribution in [-0.2, 0) is 11.3 Å². The Balaban J connectivity index is 1.59. The zero-order chi connectivity index (χ0) is 24.5. The van der Waals surface area contributed by atoms with Crippen LogP contribution in [0.4, 0.5) is 16.2 Å². The molecule has 0 spiro atoms. The first kappa shape index (κ1) is 24.3. The number of amides is 1. The predicted octanol–water partition coefficient (Wildman–Crippen LogP) is 4.41. The van der Waals surface area contributed by atoms with Crippen LogP contribution in [0, 0.1) is 10.1 Å². The summed E-state index contributed by atoms with van der Waals surface area (Å²) in [6, 6.07) is 19.9. The fraction of sp³-hybridized carbons (Fsp3) is 0.130. The first-order valence-electron chi connectivity index (χ1n) is 9.96. The minimum atomic E-state index is -0.885. The number of nitro benzene ring substituents is 1. The Morgan fingerprint density at radius 1 is 0.971 bits per heavy atom. The molecule has 11 heteroatoms. The smallest absolute Gasteiger partial charge is 0.426 e. The molecule has 0 fully saturated rings. The van der Waals surface area contributed by atoms with Crippen molar-refractivity contribution in [2.75, 3.05) is 19.5 Å². The van der Waals surface area contributed by atoms with Crippen molar-refractivity contribution in [3.63, 3.8) is 0 Å². The van der Waals surface area contributed by atoms with E-state index in [1.54, 1.807) is 0 Å². The average molecular weight is 483 g/mol. The zero-order valence-electron chi connectivity index (χ0n) is 18.4. The number of nitro groups is 1. The number of ether oxygens (including phenoxy) is 3. The number of benzene rings is 3. The highest BCUT2D eigenvalue weighted by atomic mass is 32.1. The molecule has 0 saturated carbocycles. The molecule has 0 aromatic heterocycles. The number of anilines is 1. The van der Waals surface area contributed by atoms with Crippen LogP contribution in [0.2, 0.25) is 0 Å². The number of hydrogen-bond donors (Lipinski definition) is 3. The summed E-state index contributed by atoms with van der Waals surface area (Å²) in [6.45, 7) is -0.374. The van der Waals surface area contributed by atoms with E-state index >= 15 is 0 Å². The summed E-state index contributed by atoms with van der Waals surface area (Å²) in [6.07, 6.45) is -0.885. The van der Waals surface area contributed by atoms with Crippen LogP contribution in [0.25, 0.3) is 11.1 Å². The van der Waals surface area contributed by atoms with Crippen molar-refractivity contribution in [3.8, 4) is 22.6 Å². The van der Waals surface area contributed by atoms with Gasteiger partial charge in [-0.2, -0.15) is 0 Å². The topological polar surface area (TPSA) is 124 Å². The number of hydrogen-bond acceptors (Lipinski definition) is 7. The van der Waals surface area contributed by atoms with Crippen molar-refractivity contribution in [2.24, 2.45) is 0 Å². The molecule has 0 radical (unpaired) electrons. The minimum Gasteiger partial charge on any atom is -0.493 e. The SMILES string of the molecule is COc1cc(COC(=O)NNC(=S)Nc2ccccc2-c2ccccc2)c([N+](=O)[O-])cc1OC. The number of rotatable bonds is 7. The molecule has 1 amide bonds. The molecule has 0 heterocycles. The third-order valence-corrected chi connectivity index (χ3v) is 4.88. The molecule has 176 valence electrons. The van der Waals surface area contributed by atoms with Gasteiger partial charge >= 0.3 is 6.09 Å². The van der Waals surface area contributed by atoms with Crippen LogP contribution in [-0.4, -0.2) is 30.3 Å². The van der Waals surface area contributed by atoms with Crippen LogP contribution in [0.15, 0.2) is 66.7 Å². The van der Waals surface area contributed by atoms with E-state index in [1.807, 2.05) is 54.6 Å². The van der Waals surface area contributed by atoms with Gasteiger partial charge in [-0.3, -0.25) is 15.5 Å². The van der Waals surface area contributed by atoms with Gasteiger partial charge in [0.05, 0.1) is 30.8 Å². The lowest BCUT2D eigenvalue weighted by Crippen LogP contribution is -2.44. The van der Waals surface area contributed by atoms with Crippen LogP contribution in [0.5, 0.6) is 11.5 Å². The van der Waals surface area contributed by atoms with E-state index in [4.69, 9.17) is 26.4 Å². The number of hydrazine groups is 1. The van der Waals surface area contributed by atoms with Gasteiger partial charge in [-0.15, -0.1) is 0 Å². The lowest BCUT2D eigenvalue weighted by Gasteiger charge is -2.15. The van der Waals surface area contributed by atoms with E-state index in [2.05, 4.69) is 16.2 Å². The van der Waals surface area contributed by atoms with Gasteiger partial charge in [-0.25, -0.2) is 10.2 Å². The van der Waals surface area contributed by atoms with Gasteiger partial charge in [0.1, 0.15) is 6.61 Å². The molecule has 3 aromatic carbocycles. The molecule has 3 aromatic rings. The standard InChI is InChI=1S/C23H22N4O6S/c1-31-20-12-16(19(27(29)30)13-21(20)32-2)14-33-23(28)26-25-22(34)24-18-11-7-6-10-17(18)15-8-4-3-5-9-15/h3-13H,14H2,1-2H3,(H,26,28)(H2,24,25,34). The number of carbonyl (C=O) groups is 1. The molecule has 3 N–H and O–H groups in total. The van der Waals surface area contributed by atoms with E-state index < -0.39 is 11.0 Å². The van der Waals surface area contributed by atoms with Gasteiger partial charge in [0.25, 0.3) is 5.69 Å². The second kappa shape index (κ2) is 11.5. The average Bonchev–Trinajstić information content (AvgIpc) is 2.86. The summed E-state index contributed by atoms with van der Waals surface area (Å²) in [5, 5.41) is 14.5. The Bertz CT molecular complexity index is 1190. The van der Waals surface area contributed by atoms with Gasteiger partial charge in [0.15, 0.2) is 16.6 Å². The van der Waals surface area contributed by atoms with Gasteiger partial charge in [0, 0.05) is 11.3 Å². The first-order chi connectivity index (χ1) is 16.4. The maximum absolute atomic E-state index is 12.1. The zero-order valence-corrected chi connectivity index (χ0v) is 19.2. The van der Waals surface area contributed by atoms with Crippen LogP contribution >= 0.6 is 12.2 Å². The number of nitrogens with one attached hydrogen (secondary N) is 3. The largest absolute Gasteiger partial charge is 0.493 e. The normalized spacial score (nSPS) is 10.1. The van der Waals surface area contributed by atoms with Crippen LogP contribution in [0.1, 0.15) is 5.56 Å². The van der Waals surface area contributed by atoms with E-state index in [-0.39, 0.29) is 34.5 Å². The lowest BCUT2D eigenvalue weighted by atomic mass is 10.0. The number of nitrogens with zero attached hydrogens (tertiary/aromatic N) is 1. The van der Waals surface area contributed by atoms with E-state index in [0.717, 1.165) is 16.8 Å². The second-order valence-electron chi connectivity index (χ2n) is 6.78. The van der Waals surface area contributed by atoms with E-state index in [1.165, 1.54) is 26.4 Å². The quantitative estimate of drug-likeness (QED) is 0.255. The third kappa shape index (κ3) is 6.11. The van der Waals surface area contributed by atoms with Crippen molar-refractivity contribution in [1.29, 1.82) is 0 Å². The Morgan fingerprint density at radius 3 is 2.29 bits per heavy atom. The summed E-state index contributed by atoms with van der Waals surface area (Å²) < 4.78 is 15.3. The predicted molar refractivity (Wildman–Crippen MR) is 131 cm³/mol. The van der Waals surface area contributed by atoms with Crippen molar-refractivity contribution < 1.29 is 23.9 Å². The molecule has 0 aliphatic carbocycles. The molecule has 3 rings (SSSR count). The summed E-state index contributed by atoms with van der Waals surface area (Å²) in [4.78, 5) is 22.9.